The largest absolute Gasteiger partial charge is 0.508 e. The van der Waals surface area contributed by atoms with Gasteiger partial charge in [-0.15, -0.1) is 0 Å². The molecule has 6 rings (SSSR count). The van der Waals surface area contributed by atoms with Crippen LogP contribution in [0.3, 0.4) is 0 Å². The fourth-order valence-electron chi connectivity index (χ4n) is 7.48. The summed E-state index contributed by atoms with van der Waals surface area (Å²) >= 11 is 12.0. The van der Waals surface area contributed by atoms with Gasteiger partial charge in [0.2, 0.25) is 5.91 Å². The van der Waals surface area contributed by atoms with E-state index in [1.54, 1.807) is 24.3 Å². The lowest BCUT2D eigenvalue weighted by Crippen LogP contribution is -2.47. The number of carbonyl (C=O) groups excluding carboxylic acids is 1. The van der Waals surface area contributed by atoms with Crippen molar-refractivity contribution in [3.63, 3.8) is 0 Å². The molecule has 5 nitrogen and oxygen atoms in total. The van der Waals surface area contributed by atoms with E-state index >= 15 is 0 Å². The molecule has 4 atom stereocenters. The standard InChI is InChI=1S/C31H37Cl2N3O2/c32-28-10-3-19(13-29(28)33)4-12-31(38)35-22-5-1-20(2-6-22)18-36-23-7-8-24(36)15-21(14-23)27-17-34-30-11-9-25(37)16-26(27)30/h3-4,9-13,16-17,20-24,26,30,34,37H,1-2,5-8,14-15,18H2,(H,35,38)/b12-4+. The van der Waals surface area contributed by atoms with E-state index in [1.165, 1.54) is 50.6 Å². The van der Waals surface area contributed by atoms with Crippen LogP contribution >= 0.6 is 23.2 Å². The topological polar surface area (TPSA) is 64.6 Å². The summed E-state index contributed by atoms with van der Waals surface area (Å²) in [5.74, 6) is 1.99. The maximum Gasteiger partial charge on any atom is 0.244 e. The second-order valence-electron chi connectivity index (χ2n) is 11.8. The highest BCUT2D eigenvalue weighted by atomic mass is 35.5. The zero-order chi connectivity index (χ0) is 26.2. The third-order valence-electron chi connectivity index (χ3n) is 9.43. The predicted molar refractivity (Wildman–Crippen MR) is 154 cm³/mol. The molecule has 0 radical (unpaired) electrons. The zero-order valence-electron chi connectivity index (χ0n) is 21.7. The van der Waals surface area contributed by atoms with Crippen LogP contribution in [0.5, 0.6) is 0 Å². The first kappa shape index (κ1) is 26.0. The molecule has 3 N–H and O–H groups in total. The molecule has 3 heterocycles. The molecule has 1 aromatic carbocycles. The number of fused-ring (bicyclic) bond motifs is 3. The van der Waals surface area contributed by atoms with Gasteiger partial charge in [-0.25, -0.2) is 0 Å². The van der Waals surface area contributed by atoms with Gasteiger partial charge in [-0.05, 0) is 111 Å². The van der Waals surface area contributed by atoms with E-state index in [4.69, 9.17) is 23.2 Å². The normalized spacial score (nSPS) is 34.5. The molecule has 1 aromatic rings. The minimum atomic E-state index is -0.0470. The van der Waals surface area contributed by atoms with Crippen LogP contribution in [0.4, 0.5) is 0 Å². The summed E-state index contributed by atoms with van der Waals surface area (Å²) in [5, 5.41) is 17.8. The smallest absolute Gasteiger partial charge is 0.244 e. The van der Waals surface area contributed by atoms with Gasteiger partial charge in [-0.3, -0.25) is 9.69 Å². The molecular weight excluding hydrogens is 517 g/mol. The van der Waals surface area contributed by atoms with Crippen LogP contribution in [0.15, 0.2) is 60.0 Å². The van der Waals surface area contributed by atoms with E-state index in [1.807, 2.05) is 18.2 Å². The molecule has 1 saturated carbocycles. The molecule has 5 aliphatic rings. The molecule has 1 amide bonds. The van der Waals surface area contributed by atoms with Gasteiger partial charge in [0.1, 0.15) is 5.76 Å². The number of benzene rings is 1. The minimum absolute atomic E-state index is 0.0470. The number of piperidine rings is 1. The van der Waals surface area contributed by atoms with Crippen molar-refractivity contribution in [3.05, 3.63) is 75.6 Å². The van der Waals surface area contributed by atoms with Crippen LogP contribution in [0, 0.1) is 17.8 Å². The maximum atomic E-state index is 12.5. The number of hydrogen-bond acceptors (Lipinski definition) is 4. The van der Waals surface area contributed by atoms with Crippen molar-refractivity contribution in [2.45, 2.75) is 75.5 Å². The number of rotatable bonds is 6. The third kappa shape index (κ3) is 5.57. The Balaban J connectivity index is 0.967. The molecule has 3 aliphatic heterocycles. The maximum absolute atomic E-state index is 12.5. The van der Waals surface area contributed by atoms with Gasteiger partial charge in [0, 0.05) is 36.7 Å². The second-order valence-corrected chi connectivity index (χ2v) is 12.6. The van der Waals surface area contributed by atoms with Crippen molar-refractivity contribution in [1.29, 1.82) is 0 Å². The van der Waals surface area contributed by atoms with E-state index in [0.29, 0.717) is 45.8 Å². The first-order chi connectivity index (χ1) is 18.4. The first-order valence-corrected chi connectivity index (χ1v) is 14.9. The lowest BCUT2D eigenvalue weighted by molar-refractivity contribution is -0.117. The quantitative estimate of drug-likeness (QED) is 0.356. The van der Waals surface area contributed by atoms with E-state index in [9.17, 15) is 9.90 Å². The van der Waals surface area contributed by atoms with Gasteiger partial charge in [0.05, 0.1) is 16.1 Å². The van der Waals surface area contributed by atoms with Crippen LogP contribution in [0.1, 0.15) is 56.9 Å². The number of carbonyl (C=O) groups is 1. The fraction of sp³-hybridized carbons (Fsp3) is 0.516. The van der Waals surface area contributed by atoms with Crippen LogP contribution < -0.4 is 10.6 Å². The van der Waals surface area contributed by atoms with Crippen molar-refractivity contribution in [2.75, 3.05) is 6.54 Å². The molecule has 2 aliphatic carbocycles. The summed E-state index contributed by atoms with van der Waals surface area (Å²) in [6.07, 6.45) is 21.1. The van der Waals surface area contributed by atoms with Crippen LogP contribution in [-0.4, -0.2) is 46.6 Å². The van der Waals surface area contributed by atoms with Gasteiger partial charge < -0.3 is 15.7 Å². The number of halogens is 2. The number of amides is 1. The molecule has 2 saturated heterocycles. The molecule has 2 bridgehead atoms. The van der Waals surface area contributed by atoms with Crippen molar-refractivity contribution in [2.24, 2.45) is 17.8 Å². The van der Waals surface area contributed by atoms with E-state index < -0.39 is 0 Å². The van der Waals surface area contributed by atoms with Crippen molar-refractivity contribution in [3.8, 4) is 0 Å². The van der Waals surface area contributed by atoms with Gasteiger partial charge >= 0.3 is 0 Å². The summed E-state index contributed by atoms with van der Waals surface area (Å²) in [7, 11) is 0. The van der Waals surface area contributed by atoms with Crippen molar-refractivity contribution in [1.82, 2.24) is 15.5 Å². The minimum Gasteiger partial charge on any atom is -0.508 e. The number of allylic oxidation sites excluding steroid dienone is 1. The Hall–Kier alpha value is -2.21. The number of nitrogens with zero attached hydrogens (tertiary/aromatic N) is 1. The highest BCUT2D eigenvalue weighted by molar-refractivity contribution is 6.42. The SMILES string of the molecule is O=C(/C=C/c1ccc(Cl)c(Cl)c1)NC1CCC(CN2C3CCC2CC(C2=CNC4C=CC(O)=CC24)C3)CC1. The molecule has 0 aromatic heterocycles. The highest BCUT2D eigenvalue weighted by Crippen LogP contribution is 2.46. The van der Waals surface area contributed by atoms with E-state index in [0.717, 1.165) is 24.3 Å². The van der Waals surface area contributed by atoms with E-state index in [2.05, 4.69) is 27.8 Å². The summed E-state index contributed by atoms with van der Waals surface area (Å²) in [5.41, 5.74) is 2.36. The summed E-state index contributed by atoms with van der Waals surface area (Å²) in [6.45, 7) is 1.20. The van der Waals surface area contributed by atoms with Crippen molar-refractivity contribution < 1.29 is 9.90 Å². The van der Waals surface area contributed by atoms with Gasteiger partial charge in [-0.2, -0.15) is 0 Å². The van der Waals surface area contributed by atoms with Crippen LogP contribution in [0.25, 0.3) is 6.08 Å². The summed E-state index contributed by atoms with van der Waals surface area (Å²) in [6, 6.07) is 7.28. The van der Waals surface area contributed by atoms with Crippen LogP contribution in [-0.2, 0) is 4.79 Å². The number of aliphatic hydroxyl groups is 1. The lowest BCUT2D eigenvalue weighted by atomic mass is 9.77. The van der Waals surface area contributed by atoms with Crippen LogP contribution in [0.2, 0.25) is 10.0 Å². The fourth-order valence-corrected chi connectivity index (χ4v) is 7.78. The molecular formula is C31H37Cl2N3O2. The number of aliphatic hydroxyl groups excluding tert-OH is 1. The average Bonchev–Trinajstić information content (AvgIpc) is 3.41. The Labute approximate surface area is 235 Å². The van der Waals surface area contributed by atoms with Gasteiger partial charge in [0.15, 0.2) is 0 Å². The summed E-state index contributed by atoms with van der Waals surface area (Å²) < 4.78 is 0. The predicted octanol–water partition coefficient (Wildman–Crippen LogP) is 6.41. The molecule has 7 heteroatoms. The average molecular weight is 555 g/mol. The monoisotopic (exact) mass is 553 g/mol. The lowest BCUT2D eigenvalue weighted by Gasteiger charge is -2.43. The number of hydrogen-bond donors (Lipinski definition) is 3. The Morgan fingerprint density at radius 2 is 1.84 bits per heavy atom. The first-order valence-electron chi connectivity index (χ1n) is 14.2. The molecule has 38 heavy (non-hydrogen) atoms. The second kappa shape index (κ2) is 11.1. The zero-order valence-corrected chi connectivity index (χ0v) is 23.2. The Bertz CT molecular complexity index is 1170. The third-order valence-corrected chi connectivity index (χ3v) is 10.2. The highest BCUT2D eigenvalue weighted by Gasteiger charge is 2.45. The molecule has 0 spiro atoms. The van der Waals surface area contributed by atoms with E-state index in [-0.39, 0.29) is 11.9 Å². The Morgan fingerprint density at radius 3 is 2.58 bits per heavy atom. The summed E-state index contributed by atoms with van der Waals surface area (Å²) in [4.78, 5) is 15.3. The van der Waals surface area contributed by atoms with Gasteiger partial charge in [-0.1, -0.05) is 35.3 Å². The number of nitrogens with one attached hydrogen (secondary N) is 2. The molecule has 3 fully saturated rings. The van der Waals surface area contributed by atoms with Gasteiger partial charge in [0.25, 0.3) is 0 Å². The Kier molecular flexibility index (Phi) is 7.61. The van der Waals surface area contributed by atoms with Crippen molar-refractivity contribution >= 4 is 35.2 Å². The Morgan fingerprint density at radius 1 is 1.08 bits per heavy atom. The molecule has 202 valence electrons. The molecule has 4 unspecified atom stereocenters.